The number of nitrogens with zero attached hydrogens (tertiary/aromatic N) is 1. The van der Waals surface area contributed by atoms with Gasteiger partial charge in [-0.1, -0.05) is 19.1 Å². The zero-order valence-corrected chi connectivity index (χ0v) is 11.7. The number of benzene rings is 1. The van der Waals surface area contributed by atoms with Crippen molar-refractivity contribution >= 4 is 5.97 Å². The summed E-state index contributed by atoms with van der Waals surface area (Å²) in [5, 5.41) is 9.23. The third-order valence-corrected chi connectivity index (χ3v) is 3.32. The molecular weight excluding hydrogens is 249 g/mol. The Morgan fingerprint density at radius 1 is 1.47 bits per heavy atom. The van der Waals surface area contributed by atoms with Crippen LogP contribution < -0.4 is 4.74 Å². The number of halogens is 1. The van der Waals surface area contributed by atoms with Gasteiger partial charge in [-0.05, 0) is 26.5 Å². The van der Waals surface area contributed by atoms with Crippen LogP contribution in [0, 0.1) is 5.82 Å². The van der Waals surface area contributed by atoms with E-state index >= 15 is 0 Å². The lowest BCUT2D eigenvalue weighted by molar-refractivity contribution is -0.149. The minimum Gasteiger partial charge on any atom is -0.494 e. The van der Waals surface area contributed by atoms with Crippen LogP contribution in [0.25, 0.3) is 0 Å². The van der Waals surface area contributed by atoms with Crippen molar-refractivity contribution in [2.45, 2.75) is 32.9 Å². The Balaban J connectivity index is 3.03. The Kier molecular flexibility index (Phi) is 4.89. The van der Waals surface area contributed by atoms with Gasteiger partial charge in [-0.2, -0.15) is 0 Å². The van der Waals surface area contributed by atoms with Crippen LogP contribution in [0.1, 0.15) is 26.3 Å². The van der Waals surface area contributed by atoms with Crippen molar-refractivity contribution < 1.29 is 19.0 Å². The number of carboxylic acids is 1. The first-order valence-electron chi connectivity index (χ1n) is 6.14. The highest BCUT2D eigenvalue weighted by Gasteiger charge is 2.34. The average molecular weight is 269 g/mol. The number of carbonyl (C=O) groups is 1. The van der Waals surface area contributed by atoms with Gasteiger partial charge >= 0.3 is 5.97 Å². The molecule has 0 spiro atoms. The van der Waals surface area contributed by atoms with Gasteiger partial charge in [0.25, 0.3) is 0 Å². The van der Waals surface area contributed by atoms with Gasteiger partial charge in [-0.25, -0.2) is 4.39 Å². The molecule has 0 saturated carbocycles. The molecule has 106 valence electrons. The van der Waals surface area contributed by atoms with E-state index < -0.39 is 17.3 Å². The van der Waals surface area contributed by atoms with E-state index in [2.05, 4.69) is 0 Å². The third kappa shape index (κ3) is 3.23. The van der Waals surface area contributed by atoms with E-state index in [1.807, 2.05) is 6.92 Å². The van der Waals surface area contributed by atoms with Gasteiger partial charge in [0.15, 0.2) is 11.6 Å². The van der Waals surface area contributed by atoms with Crippen molar-refractivity contribution in [3.8, 4) is 5.75 Å². The molecule has 0 unspecified atom stereocenters. The molecule has 1 aromatic carbocycles. The maximum absolute atomic E-state index is 14.1. The van der Waals surface area contributed by atoms with E-state index in [1.165, 1.54) is 13.2 Å². The second-order valence-corrected chi connectivity index (χ2v) is 4.81. The molecule has 0 saturated heterocycles. The monoisotopic (exact) mass is 269 g/mol. The number of methoxy groups -OCH3 is 1. The molecule has 1 rings (SSSR count). The standard InChI is InChI=1S/C14H20FNO3/c1-5-16(14(2,3)13(17)18)9-10-7-6-8-11(19-4)12(10)15/h6-8H,5,9H2,1-4H3,(H,17,18). The molecule has 0 aliphatic rings. The van der Waals surface area contributed by atoms with Gasteiger partial charge in [0.1, 0.15) is 5.54 Å². The highest BCUT2D eigenvalue weighted by atomic mass is 19.1. The van der Waals surface area contributed by atoms with Gasteiger partial charge in [0, 0.05) is 12.1 Å². The van der Waals surface area contributed by atoms with Gasteiger partial charge in [-0.3, -0.25) is 9.69 Å². The molecule has 0 aliphatic carbocycles. The van der Waals surface area contributed by atoms with Crippen LogP contribution in [0.4, 0.5) is 4.39 Å². The lowest BCUT2D eigenvalue weighted by Crippen LogP contribution is -2.49. The normalized spacial score (nSPS) is 11.7. The Morgan fingerprint density at radius 3 is 2.58 bits per heavy atom. The van der Waals surface area contributed by atoms with Gasteiger partial charge < -0.3 is 9.84 Å². The summed E-state index contributed by atoms with van der Waals surface area (Å²) >= 11 is 0. The van der Waals surface area contributed by atoms with E-state index in [-0.39, 0.29) is 12.3 Å². The maximum Gasteiger partial charge on any atom is 0.323 e. The molecule has 0 radical (unpaired) electrons. The number of aliphatic carboxylic acids is 1. The molecule has 19 heavy (non-hydrogen) atoms. The predicted octanol–water partition coefficient (Wildman–Crippen LogP) is 2.52. The van der Waals surface area contributed by atoms with E-state index in [0.29, 0.717) is 12.1 Å². The van der Waals surface area contributed by atoms with E-state index in [0.717, 1.165) is 0 Å². The summed E-state index contributed by atoms with van der Waals surface area (Å²) in [5.74, 6) is -1.20. The summed E-state index contributed by atoms with van der Waals surface area (Å²) in [5.41, 5.74) is -0.625. The number of rotatable bonds is 6. The van der Waals surface area contributed by atoms with Crippen molar-refractivity contribution in [3.63, 3.8) is 0 Å². The summed E-state index contributed by atoms with van der Waals surface area (Å²) in [7, 11) is 1.40. The molecule has 1 aromatic rings. The number of carboxylic acid groups (broad SMARTS) is 1. The fraction of sp³-hybridized carbons (Fsp3) is 0.500. The molecule has 0 amide bonds. The Bertz CT molecular complexity index is 460. The summed E-state index contributed by atoms with van der Waals surface area (Å²) in [6.45, 7) is 5.80. The third-order valence-electron chi connectivity index (χ3n) is 3.32. The van der Waals surface area contributed by atoms with Gasteiger partial charge in [0.05, 0.1) is 7.11 Å². The quantitative estimate of drug-likeness (QED) is 0.862. The highest BCUT2D eigenvalue weighted by molar-refractivity contribution is 5.77. The van der Waals surface area contributed by atoms with E-state index in [1.54, 1.807) is 30.9 Å². The van der Waals surface area contributed by atoms with E-state index in [4.69, 9.17) is 4.74 Å². The summed E-state index contributed by atoms with van der Waals surface area (Å²) < 4.78 is 19.0. The minimum atomic E-state index is -1.05. The molecule has 0 bridgehead atoms. The summed E-state index contributed by atoms with van der Waals surface area (Å²) in [6.07, 6.45) is 0. The number of ether oxygens (including phenoxy) is 1. The summed E-state index contributed by atoms with van der Waals surface area (Å²) in [4.78, 5) is 13.0. The minimum absolute atomic E-state index is 0.168. The zero-order valence-electron chi connectivity index (χ0n) is 11.7. The lowest BCUT2D eigenvalue weighted by Gasteiger charge is -2.34. The van der Waals surface area contributed by atoms with Crippen molar-refractivity contribution in [2.75, 3.05) is 13.7 Å². The van der Waals surface area contributed by atoms with Crippen LogP contribution in [0.15, 0.2) is 18.2 Å². The van der Waals surface area contributed by atoms with Crippen molar-refractivity contribution in [2.24, 2.45) is 0 Å². The topological polar surface area (TPSA) is 49.8 Å². The molecule has 0 atom stereocenters. The van der Waals surface area contributed by atoms with E-state index in [9.17, 15) is 14.3 Å². The largest absolute Gasteiger partial charge is 0.494 e. The number of likely N-dealkylation sites (N-methyl/N-ethyl adjacent to an activating group) is 1. The molecule has 0 fully saturated rings. The Morgan fingerprint density at radius 2 is 2.11 bits per heavy atom. The molecule has 4 nitrogen and oxygen atoms in total. The van der Waals surface area contributed by atoms with Crippen LogP contribution in [0.2, 0.25) is 0 Å². The Labute approximate surface area is 112 Å². The number of hydrogen-bond acceptors (Lipinski definition) is 3. The highest BCUT2D eigenvalue weighted by Crippen LogP contribution is 2.24. The fourth-order valence-electron chi connectivity index (χ4n) is 1.88. The SMILES string of the molecule is CCN(Cc1cccc(OC)c1F)C(C)(C)C(=O)O. The van der Waals surface area contributed by atoms with Crippen molar-refractivity contribution in [1.29, 1.82) is 0 Å². The smallest absolute Gasteiger partial charge is 0.323 e. The van der Waals surface area contributed by atoms with Gasteiger partial charge in [-0.15, -0.1) is 0 Å². The number of hydrogen-bond donors (Lipinski definition) is 1. The van der Waals surface area contributed by atoms with Crippen LogP contribution >= 0.6 is 0 Å². The molecule has 0 heterocycles. The molecule has 0 aromatic heterocycles. The van der Waals surface area contributed by atoms with Crippen LogP contribution in [0.5, 0.6) is 5.75 Å². The predicted molar refractivity (Wildman–Crippen MR) is 70.8 cm³/mol. The van der Waals surface area contributed by atoms with Crippen molar-refractivity contribution in [3.05, 3.63) is 29.6 Å². The first-order valence-corrected chi connectivity index (χ1v) is 6.14. The first kappa shape index (κ1) is 15.4. The van der Waals surface area contributed by atoms with Crippen molar-refractivity contribution in [1.82, 2.24) is 4.90 Å². The van der Waals surface area contributed by atoms with Gasteiger partial charge in [0.2, 0.25) is 0 Å². The lowest BCUT2D eigenvalue weighted by atomic mass is 10.0. The average Bonchev–Trinajstić information content (AvgIpc) is 2.37. The van der Waals surface area contributed by atoms with Crippen LogP contribution in [-0.4, -0.2) is 35.2 Å². The second-order valence-electron chi connectivity index (χ2n) is 4.81. The fourth-order valence-corrected chi connectivity index (χ4v) is 1.88. The first-order chi connectivity index (χ1) is 8.84. The summed E-state index contributed by atoms with van der Waals surface area (Å²) in [6, 6.07) is 4.87. The molecule has 5 heteroatoms. The molecular formula is C14H20FNO3. The zero-order chi connectivity index (χ0) is 14.6. The molecule has 0 aliphatic heterocycles. The Hall–Kier alpha value is -1.62. The van der Waals surface area contributed by atoms with Crippen LogP contribution in [-0.2, 0) is 11.3 Å². The molecule has 1 N–H and O–H groups in total. The van der Waals surface area contributed by atoms with Crippen LogP contribution in [0.3, 0.4) is 0 Å². The second kappa shape index (κ2) is 6.02. The maximum atomic E-state index is 14.1.